The van der Waals surface area contributed by atoms with Crippen molar-refractivity contribution >= 4 is 5.91 Å². The Morgan fingerprint density at radius 3 is 2.90 bits per heavy atom. The Bertz CT molecular complexity index is 540. The van der Waals surface area contributed by atoms with Crippen molar-refractivity contribution in [2.24, 2.45) is 5.92 Å². The van der Waals surface area contributed by atoms with Gasteiger partial charge in [0, 0.05) is 25.3 Å². The zero-order valence-electron chi connectivity index (χ0n) is 12.1. The molecule has 1 aromatic rings. The summed E-state index contributed by atoms with van der Waals surface area (Å²) < 4.78 is 5.48. The normalized spacial score (nSPS) is 15.5. The van der Waals surface area contributed by atoms with Crippen LogP contribution in [0, 0.1) is 17.2 Å². The maximum Gasteiger partial charge on any atom is 0.253 e. The average Bonchev–Trinajstić information content (AvgIpc) is 2.55. The van der Waals surface area contributed by atoms with Gasteiger partial charge in [0.2, 0.25) is 0 Å². The van der Waals surface area contributed by atoms with Crippen LogP contribution in [-0.2, 0) is 4.74 Å². The quantitative estimate of drug-likeness (QED) is 0.617. The van der Waals surface area contributed by atoms with E-state index >= 15 is 0 Å². The van der Waals surface area contributed by atoms with E-state index in [4.69, 9.17) is 10.00 Å². The summed E-state index contributed by atoms with van der Waals surface area (Å²) in [5, 5.41) is 8.90. The van der Waals surface area contributed by atoms with Gasteiger partial charge in [0.1, 0.15) is 0 Å². The van der Waals surface area contributed by atoms with Gasteiger partial charge in [-0.15, -0.1) is 6.58 Å². The molecule has 0 aliphatic carbocycles. The van der Waals surface area contributed by atoms with Gasteiger partial charge in [-0.25, -0.2) is 0 Å². The number of nitrogens with zero attached hydrogens (tertiary/aromatic N) is 2. The van der Waals surface area contributed by atoms with Gasteiger partial charge < -0.3 is 9.64 Å². The first-order valence-corrected chi connectivity index (χ1v) is 7.22. The number of carbonyl (C=O) groups excluding carboxylic acids is 1. The van der Waals surface area contributed by atoms with Gasteiger partial charge in [-0.3, -0.25) is 4.79 Å². The number of piperidine rings is 1. The van der Waals surface area contributed by atoms with Crippen molar-refractivity contribution in [1.82, 2.24) is 4.90 Å². The molecule has 0 saturated carbocycles. The van der Waals surface area contributed by atoms with E-state index in [-0.39, 0.29) is 5.91 Å². The Kier molecular flexibility index (Phi) is 5.53. The van der Waals surface area contributed by atoms with Crippen molar-refractivity contribution in [2.75, 3.05) is 26.3 Å². The van der Waals surface area contributed by atoms with Crippen LogP contribution in [0.5, 0.6) is 0 Å². The maximum absolute atomic E-state index is 12.4. The van der Waals surface area contributed by atoms with Crippen LogP contribution in [0.25, 0.3) is 0 Å². The highest BCUT2D eigenvalue weighted by atomic mass is 16.5. The van der Waals surface area contributed by atoms with Crippen molar-refractivity contribution in [3.63, 3.8) is 0 Å². The molecule has 0 unspecified atom stereocenters. The number of amides is 1. The predicted octanol–water partition coefficient (Wildman–Crippen LogP) is 2.61. The minimum Gasteiger partial charge on any atom is -0.377 e. The Morgan fingerprint density at radius 1 is 1.48 bits per heavy atom. The summed E-state index contributed by atoms with van der Waals surface area (Å²) in [6.45, 7) is 6.44. The third kappa shape index (κ3) is 4.17. The third-order valence-electron chi connectivity index (χ3n) is 3.73. The lowest BCUT2D eigenvalue weighted by atomic mass is 9.97. The van der Waals surface area contributed by atoms with Crippen LogP contribution in [0.15, 0.2) is 36.9 Å². The van der Waals surface area contributed by atoms with Gasteiger partial charge in [0.05, 0.1) is 18.2 Å². The fourth-order valence-corrected chi connectivity index (χ4v) is 2.53. The third-order valence-corrected chi connectivity index (χ3v) is 3.73. The molecule has 1 amide bonds. The lowest BCUT2D eigenvalue weighted by molar-refractivity contribution is 0.0575. The van der Waals surface area contributed by atoms with Crippen molar-refractivity contribution in [1.29, 1.82) is 5.26 Å². The molecule has 21 heavy (non-hydrogen) atoms. The largest absolute Gasteiger partial charge is 0.377 e. The van der Waals surface area contributed by atoms with E-state index in [1.165, 1.54) is 0 Å². The van der Waals surface area contributed by atoms with Crippen LogP contribution in [0.4, 0.5) is 0 Å². The molecular weight excluding hydrogens is 264 g/mol. The first-order chi connectivity index (χ1) is 10.2. The van der Waals surface area contributed by atoms with Gasteiger partial charge in [0.15, 0.2) is 0 Å². The Hall–Kier alpha value is -2.12. The molecule has 1 aromatic carbocycles. The molecule has 0 N–H and O–H groups in total. The Morgan fingerprint density at radius 2 is 2.24 bits per heavy atom. The second-order valence-electron chi connectivity index (χ2n) is 5.25. The highest BCUT2D eigenvalue weighted by Crippen LogP contribution is 2.19. The van der Waals surface area contributed by atoms with Gasteiger partial charge in [-0.2, -0.15) is 5.26 Å². The minimum atomic E-state index is 0.0116. The smallest absolute Gasteiger partial charge is 0.253 e. The van der Waals surface area contributed by atoms with Crippen LogP contribution in [-0.4, -0.2) is 37.1 Å². The molecule has 0 aromatic heterocycles. The second kappa shape index (κ2) is 7.61. The monoisotopic (exact) mass is 284 g/mol. The summed E-state index contributed by atoms with van der Waals surface area (Å²) in [7, 11) is 0. The summed E-state index contributed by atoms with van der Waals surface area (Å²) in [5.41, 5.74) is 1.11. The van der Waals surface area contributed by atoms with Gasteiger partial charge >= 0.3 is 0 Å². The summed E-state index contributed by atoms with van der Waals surface area (Å²) in [4.78, 5) is 14.3. The number of benzene rings is 1. The molecule has 1 saturated heterocycles. The molecule has 0 atom stereocenters. The van der Waals surface area contributed by atoms with Crippen LogP contribution in [0.2, 0.25) is 0 Å². The zero-order chi connectivity index (χ0) is 15.1. The van der Waals surface area contributed by atoms with Crippen molar-refractivity contribution < 1.29 is 9.53 Å². The van der Waals surface area contributed by atoms with E-state index in [0.29, 0.717) is 23.7 Å². The van der Waals surface area contributed by atoms with Crippen LogP contribution in [0.1, 0.15) is 28.8 Å². The lowest BCUT2D eigenvalue weighted by Gasteiger charge is -2.32. The van der Waals surface area contributed by atoms with E-state index in [2.05, 4.69) is 12.6 Å². The molecule has 4 nitrogen and oxygen atoms in total. The van der Waals surface area contributed by atoms with Crippen LogP contribution >= 0.6 is 0 Å². The summed E-state index contributed by atoms with van der Waals surface area (Å²) in [6, 6.07) is 8.95. The highest BCUT2D eigenvalue weighted by molar-refractivity contribution is 5.94. The summed E-state index contributed by atoms with van der Waals surface area (Å²) in [6.07, 6.45) is 3.67. The second-order valence-corrected chi connectivity index (χ2v) is 5.25. The standard InChI is InChI=1S/C17H20N2O2/c1-2-10-21-13-14-6-8-19(9-7-14)17(20)16-5-3-4-15(11-16)12-18/h2-5,11,14H,1,6-10,13H2. The highest BCUT2D eigenvalue weighted by Gasteiger charge is 2.23. The van der Waals surface area contributed by atoms with Crippen molar-refractivity contribution in [2.45, 2.75) is 12.8 Å². The molecule has 1 aliphatic heterocycles. The predicted molar refractivity (Wildman–Crippen MR) is 80.8 cm³/mol. The molecular formula is C17H20N2O2. The number of likely N-dealkylation sites (tertiary alicyclic amines) is 1. The number of rotatable bonds is 5. The lowest BCUT2D eigenvalue weighted by Crippen LogP contribution is -2.39. The SMILES string of the molecule is C=CCOCC1CCN(C(=O)c2cccc(C#N)c2)CC1. The molecule has 1 fully saturated rings. The molecule has 0 bridgehead atoms. The minimum absolute atomic E-state index is 0.0116. The molecule has 4 heteroatoms. The number of ether oxygens (including phenoxy) is 1. The van der Waals surface area contributed by atoms with Crippen molar-refractivity contribution in [3.8, 4) is 6.07 Å². The van der Waals surface area contributed by atoms with E-state index in [1.54, 1.807) is 30.3 Å². The van der Waals surface area contributed by atoms with Crippen LogP contribution < -0.4 is 0 Å². The molecule has 110 valence electrons. The van der Waals surface area contributed by atoms with E-state index in [0.717, 1.165) is 32.5 Å². The fourth-order valence-electron chi connectivity index (χ4n) is 2.53. The summed E-state index contributed by atoms with van der Waals surface area (Å²) in [5.74, 6) is 0.525. The van der Waals surface area contributed by atoms with Gasteiger partial charge in [0.25, 0.3) is 5.91 Å². The molecule has 1 aliphatic rings. The number of hydrogen-bond acceptors (Lipinski definition) is 3. The van der Waals surface area contributed by atoms with Gasteiger partial charge in [-0.1, -0.05) is 12.1 Å². The first-order valence-electron chi connectivity index (χ1n) is 7.22. The molecule has 2 rings (SSSR count). The summed E-state index contributed by atoms with van der Waals surface area (Å²) >= 11 is 0. The molecule has 1 heterocycles. The van der Waals surface area contributed by atoms with Gasteiger partial charge in [-0.05, 0) is 37.0 Å². The molecule has 0 spiro atoms. The van der Waals surface area contributed by atoms with E-state index < -0.39 is 0 Å². The first kappa shape index (κ1) is 15.3. The zero-order valence-corrected chi connectivity index (χ0v) is 12.1. The topological polar surface area (TPSA) is 53.3 Å². The van der Waals surface area contributed by atoms with E-state index in [9.17, 15) is 4.79 Å². The van der Waals surface area contributed by atoms with E-state index in [1.807, 2.05) is 4.90 Å². The van der Waals surface area contributed by atoms with Crippen molar-refractivity contribution in [3.05, 3.63) is 48.0 Å². The maximum atomic E-state index is 12.4. The Balaban J connectivity index is 1.88. The number of carbonyl (C=O) groups is 1. The number of nitriles is 1. The Labute approximate surface area is 125 Å². The molecule has 0 radical (unpaired) electrons. The van der Waals surface area contributed by atoms with Crippen LogP contribution in [0.3, 0.4) is 0 Å². The number of hydrogen-bond donors (Lipinski definition) is 0. The average molecular weight is 284 g/mol. The fraction of sp³-hybridized carbons (Fsp3) is 0.412.